The average molecular weight is 273 g/mol. The van der Waals surface area contributed by atoms with Gasteiger partial charge < -0.3 is 10.4 Å². The monoisotopic (exact) mass is 273 g/mol. The van der Waals surface area contributed by atoms with Crippen LogP contribution in [0.1, 0.15) is 21.6 Å². The van der Waals surface area contributed by atoms with Crippen LogP contribution in [0.15, 0.2) is 30.5 Å². The largest absolute Gasteiger partial charge is 0.476 e. The SMILES string of the molecule is Cc1cccc(NC(=O)Cn2ccc(C(=O)O)n2)c1C. The molecule has 0 aliphatic rings. The van der Waals surface area contributed by atoms with Crippen molar-refractivity contribution in [3.63, 3.8) is 0 Å². The van der Waals surface area contributed by atoms with Crippen molar-refractivity contribution in [1.82, 2.24) is 9.78 Å². The number of carboxylic acids is 1. The van der Waals surface area contributed by atoms with Gasteiger partial charge in [0.2, 0.25) is 5.91 Å². The summed E-state index contributed by atoms with van der Waals surface area (Å²) >= 11 is 0. The van der Waals surface area contributed by atoms with Crippen molar-refractivity contribution in [3.05, 3.63) is 47.3 Å². The van der Waals surface area contributed by atoms with E-state index in [-0.39, 0.29) is 18.1 Å². The molecule has 2 aromatic rings. The molecule has 0 fully saturated rings. The van der Waals surface area contributed by atoms with Crippen LogP contribution in [-0.4, -0.2) is 26.8 Å². The second-order valence-electron chi connectivity index (χ2n) is 4.50. The van der Waals surface area contributed by atoms with E-state index in [1.165, 1.54) is 16.9 Å². The van der Waals surface area contributed by atoms with Crippen LogP contribution in [0.3, 0.4) is 0 Å². The molecule has 1 amide bonds. The Hall–Kier alpha value is -2.63. The van der Waals surface area contributed by atoms with Gasteiger partial charge in [-0.25, -0.2) is 4.79 Å². The molecular weight excluding hydrogens is 258 g/mol. The van der Waals surface area contributed by atoms with Gasteiger partial charge in [0.1, 0.15) is 6.54 Å². The topological polar surface area (TPSA) is 84.2 Å². The number of carboxylic acid groups (broad SMARTS) is 1. The van der Waals surface area contributed by atoms with Crippen molar-refractivity contribution in [2.75, 3.05) is 5.32 Å². The summed E-state index contributed by atoms with van der Waals surface area (Å²) in [6, 6.07) is 7.02. The first-order valence-electron chi connectivity index (χ1n) is 6.10. The van der Waals surface area contributed by atoms with Crippen molar-refractivity contribution < 1.29 is 14.7 Å². The van der Waals surface area contributed by atoms with Gasteiger partial charge in [0, 0.05) is 11.9 Å². The second kappa shape index (κ2) is 5.56. The van der Waals surface area contributed by atoms with Crippen LogP contribution in [0.25, 0.3) is 0 Å². The van der Waals surface area contributed by atoms with Gasteiger partial charge in [-0.15, -0.1) is 0 Å². The zero-order valence-corrected chi connectivity index (χ0v) is 11.3. The maximum Gasteiger partial charge on any atom is 0.356 e. The van der Waals surface area contributed by atoms with Gasteiger partial charge in [0.15, 0.2) is 5.69 Å². The van der Waals surface area contributed by atoms with Crippen LogP contribution >= 0.6 is 0 Å². The van der Waals surface area contributed by atoms with Gasteiger partial charge >= 0.3 is 5.97 Å². The Morgan fingerprint density at radius 3 is 2.70 bits per heavy atom. The summed E-state index contributed by atoms with van der Waals surface area (Å²) in [6.45, 7) is 3.87. The molecule has 0 unspecified atom stereocenters. The maximum atomic E-state index is 11.9. The van der Waals surface area contributed by atoms with Gasteiger partial charge in [-0.1, -0.05) is 12.1 Å². The fourth-order valence-corrected chi connectivity index (χ4v) is 1.79. The van der Waals surface area contributed by atoms with Crippen LogP contribution in [0.2, 0.25) is 0 Å². The summed E-state index contributed by atoms with van der Waals surface area (Å²) in [5.74, 6) is -1.36. The predicted octanol–water partition coefficient (Wildman–Crippen LogP) is 1.84. The predicted molar refractivity (Wildman–Crippen MR) is 73.7 cm³/mol. The van der Waals surface area contributed by atoms with Crippen molar-refractivity contribution in [3.8, 4) is 0 Å². The van der Waals surface area contributed by atoms with E-state index in [9.17, 15) is 9.59 Å². The molecule has 0 aliphatic heterocycles. The molecular formula is C14H15N3O3. The molecule has 0 aliphatic carbocycles. The van der Waals surface area contributed by atoms with E-state index in [4.69, 9.17) is 5.11 Å². The van der Waals surface area contributed by atoms with Gasteiger partial charge in [0.25, 0.3) is 0 Å². The number of nitrogens with one attached hydrogen (secondary N) is 1. The quantitative estimate of drug-likeness (QED) is 0.890. The number of amides is 1. The number of aromatic carboxylic acids is 1. The third kappa shape index (κ3) is 3.03. The molecule has 0 atom stereocenters. The highest BCUT2D eigenvalue weighted by molar-refractivity contribution is 5.91. The molecule has 1 heterocycles. The average Bonchev–Trinajstić information content (AvgIpc) is 2.83. The van der Waals surface area contributed by atoms with Crippen molar-refractivity contribution >= 4 is 17.6 Å². The summed E-state index contributed by atoms with van der Waals surface area (Å²) in [5.41, 5.74) is 2.77. The molecule has 0 saturated heterocycles. The minimum atomic E-state index is -1.11. The van der Waals surface area contributed by atoms with E-state index in [1.54, 1.807) is 0 Å². The number of nitrogens with zero attached hydrogens (tertiary/aromatic N) is 2. The summed E-state index contributed by atoms with van der Waals surface area (Å²) in [7, 11) is 0. The minimum Gasteiger partial charge on any atom is -0.476 e. The number of carbonyl (C=O) groups is 2. The number of hydrogen-bond donors (Lipinski definition) is 2. The number of carbonyl (C=O) groups excluding carboxylic acids is 1. The van der Waals surface area contributed by atoms with E-state index in [1.807, 2.05) is 32.0 Å². The number of benzene rings is 1. The fraction of sp³-hybridized carbons (Fsp3) is 0.214. The van der Waals surface area contributed by atoms with Gasteiger partial charge in [-0.3, -0.25) is 9.48 Å². The molecule has 0 bridgehead atoms. The summed E-state index contributed by atoms with van der Waals surface area (Å²) in [4.78, 5) is 22.6. The minimum absolute atomic E-state index is 0.0271. The van der Waals surface area contributed by atoms with E-state index >= 15 is 0 Å². The van der Waals surface area contributed by atoms with E-state index < -0.39 is 5.97 Å². The number of anilines is 1. The molecule has 6 nitrogen and oxygen atoms in total. The van der Waals surface area contributed by atoms with E-state index in [0.717, 1.165) is 16.8 Å². The summed E-state index contributed by atoms with van der Waals surface area (Å²) in [5, 5.41) is 15.3. The Morgan fingerprint density at radius 1 is 1.30 bits per heavy atom. The third-order valence-electron chi connectivity index (χ3n) is 3.04. The first-order valence-corrected chi connectivity index (χ1v) is 6.10. The first kappa shape index (κ1) is 13.8. The lowest BCUT2D eigenvalue weighted by atomic mass is 10.1. The highest BCUT2D eigenvalue weighted by Crippen LogP contribution is 2.17. The lowest BCUT2D eigenvalue weighted by Crippen LogP contribution is -2.20. The number of aryl methyl sites for hydroxylation is 1. The van der Waals surface area contributed by atoms with Crippen LogP contribution in [0, 0.1) is 13.8 Å². The fourth-order valence-electron chi connectivity index (χ4n) is 1.79. The zero-order valence-electron chi connectivity index (χ0n) is 11.3. The Kier molecular flexibility index (Phi) is 3.84. The van der Waals surface area contributed by atoms with Crippen molar-refractivity contribution in [2.45, 2.75) is 20.4 Å². The molecule has 2 N–H and O–H groups in total. The van der Waals surface area contributed by atoms with Crippen LogP contribution < -0.4 is 5.32 Å². The molecule has 1 aromatic carbocycles. The standard InChI is InChI=1S/C14H15N3O3/c1-9-4-3-5-11(10(9)2)15-13(18)8-17-7-6-12(16-17)14(19)20/h3-7H,8H2,1-2H3,(H,15,18)(H,19,20). The van der Waals surface area contributed by atoms with E-state index in [0.29, 0.717) is 0 Å². The molecule has 20 heavy (non-hydrogen) atoms. The highest BCUT2D eigenvalue weighted by atomic mass is 16.4. The Labute approximate surface area is 116 Å². The Balaban J connectivity index is 2.05. The highest BCUT2D eigenvalue weighted by Gasteiger charge is 2.10. The van der Waals surface area contributed by atoms with Gasteiger partial charge in [0.05, 0.1) is 0 Å². The van der Waals surface area contributed by atoms with Crippen LogP contribution in [0.5, 0.6) is 0 Å². The Morgan fingerprint density at radius 2 is 2.05 bits per heavy atom. The third-order valence-corrected chi connectivity index (χ3v) is 3.04. The maximum absolute atomic E-state index is 11.9. The molecule has 0 saturated carbocycles. The second-order valence-corrected chi connectivity index (χ2v) is 4.50. The molecule has 6 heteroatoms. The zero-order chi connectivity index (χ0) is 14.7. The van der Waals surface area contributed by atoms with Crippen LogP contribution in [-0.2, 0) is 11.3 Å². The molecule has 0 spiro atoms. The van der Waals surface area contributed by atoms with Crippen LogP contribution in [0.4, 0.5) is 5.69 Å². The molecule has 0 radical (unpaired) electrons. The summed E-state index contributed by atoms with van der Waals surface area (Å²) < 4.78 is 1.30. The van der Waals surface area contributed by atoms with Crippen molar-refractivity contribution in [1.29, 1.82) is 0 Å². The lowest BCUT2D eigenvalue weighted by molar-refractivity contribution is -0.116. The van der Waals surface area contributed by atoms with Crippen molar-refractivity contribution in [2.24, 2.45) is 0 Å². The lowest BCUT2D eigenvalue weighted by Gasteiger charge is -2.10. The molecule has 2 rings (SSSR count). The summed E-state index contributed by atoms with van der Waals surface area (Å²) in [6.07, 6.45) is 1.46. The number of hydrogen-bond acceptors (Lipinski definition) is 3. The Bertz CT molecular complexity index is 661. The number of aromatic nitrogens is 2. The normalized spacial score (nSPS) is 10.3. The molecule has 1 aromatic heterocycles. The van der Waals surface area contributed by atoms with Gasteiger partial charge in [-0.2, -0.15) is 5.10 Å². The molecule has 104 valence electrons. The number of rotatable bonds is 4. The van der Waals surface area contributed by atoms with Gasteiger partial charge in [-0.05, 0) is 37.1 Å². The first-order chi connectivity index (χ1) is 9.47. The smallest absolute Gasteiger partial charge is 0.356 e. The van der Waals surface area contributed by atoms with E-state index in [2.05, 4.69) is 10.4 Å².